The van der Waals surface area contributed by atoms with E-state index in [0.29, 0.717) is 11.3 Å². The van der Waals surface area contributed by atoms with Crippen LogP contribution in [0.4, 0.5) is 8.78 Å². The zero-order chi connectivity index (χ0) is 10.7. The van der Waals surface area contributed by atoms with Gasteiger partial charge in [-0.1, -0.05) is 17.3 Å². The maximum atomic E-state index is 12.1. The predicted octanol–water partition coefficient (Wildman–Crippen LogP) is 2.94. The van der Waals surface area contributed by atoms with Gasteiger partial charge < -0.3 is 9.26 Å². The minimum Gasteiger partial charge on any atom is -0.434 e. The smallest absolute Gasteiger partial charge is 0.387 e. The maximum Gasteiger partial charge on any atom is 0.387 e. The average molecular weight is 211 g/mol. The van der Waals surface area contributed by atoms with Gasteiger partial charge in [-0.05, 0) is 12.1 Å². The molecule has 2 rings (SSSR count). The lowest BCUT2D eigenvalue weighted by atomic mass is 10.1. The van der Waals surface area contributed by atoms with Crippen LogP contribution < -0.4 is 4.74 Å². The molecule has 0 amide bonds. The molecule has 0 saturated carbocycles. The summed E-state index contributed by atoms with van der Waals surface area (Å²) in [5.41, 5.74) is 0.454. The zero-order valence-corrected chi connectivity index (χ0v) is 7.56. The highest BCUT2D eigenvalue weighted by Crippen LogP contribution is 2.30. The molecular weight excluding hydrogens is 204 g/mol. The van der Waals surface area contributed by atoms with E-state index in [9.17, 15) is 8.78 Å². The van der Waals surface area contributed by atoms with Gasteiger partial charge in [0.15, 0.2) is 5.76 Å². The fourth-order valence-electron chi connectivity index (χ4n) is 1.22. The topological polar surface area (TPSA) is 35.3 Å². The third kappa shape index (κ3) is 2.12. The molecule has 0 atom stereocenters. The normalized spacial score (nSPS) is 10.6. The molecule has 0 fully saturated rings. The SMILES string of the molecule is FC(F)Oc1ccccc1-c1ccno1. The van der Waals surface area contributed by atoms with Crippen LogP contribution in [0, 0.1) is 0 Å². The first-order chi connectivity index (χ1) is 7.27. The van der Waals surface area contributed by atoms with Gasteiger partial charge in [-0.25, -0.2) is 0 Å². The van der Waals surface area contributed by atoms with Crippen LogP contribution in [0.25, 0.3) is 11.3 Å². The number of hydrogen-bond acceptors (Lipinski definition) is 3. The highest BCUT2D eigenvalue weighted by atomic mass is 19.3. The van der Waals surface area contributed by atoms with E-state index in [1.807, 2.05) is 0 Å². The van der Waals surface area contributed by atoms with E-state index in [2.05, 4.69) is 9.89 Å². The number of para-hydroxylation sites is 1. The Bertz CT molecular complexity index is 429. The second kappa shape index (κ2) is 4.08. The summed E-state index contributed by atoms with van der Waals surface area (Å²) in [5.74, 6) is 0.468. The predicted molar refractivity (Wildman–Crippen MR) is 48.6 cm³/mol. The fraction of sp³-hybridized carbons (Fsp3) is 0.100. The minimum absolute atomic E-state index is 0.0734. The Morgan fingerprint density at radius 3 is 2.67 bits per heavy atom. The average Bonchev–Trinajstić information content (AvgIpc) is 2.70. The first-order valence-corrected chi connectivity index (χ1v) is 4.22. The van der Waals surface area contributed by atoms with Crippen LogP contribution in [-0.4, -0.2) is 11.8 Å². The number of nitrogens with zero attached hydrogens (tertiary/aromatic N) is 1. The first-order valence-electron chi connectivity index (χ1n) is 4.22. The van der Waals surface area contributed by atoms with Gasteiger partial charge in [0.2, 0.25) is 0 Å². The number of hydrogen-bond donors (Lipinski definition) is 0. The molecule has 5 heteroatoms. The van der Waals surface area contributed by atoms with Gasteiger partial charge in [0, 0.05) is 6.07 Å². The Kier molecular flexibility index (Phi) is 2.62. The molecule has 78 valence electrons. The van der Waals surface area contributed by atoms with E-state index in [0.717, 1.165) is 0 Å². The van der Waals surface area contributed by atoms with E-state index in [-0.39, 0.29) is 5.75 Å². The summed E-state index contributed by atoms with van der Waals surface area (Å²) in [6.45, 7) is -2.85. The lowest BCUT2D eigenvalue weighted by Gasteiger charge is -2.07. The molecule has 0 aliphatic rings. The van der Waals surface area contributed by atoms with Crippen molar-refractivity contribution in [1.82, 2.24) is 5.16 Å². The molecular formula is C10H7F2NO2. The molecule has 2 aromatic rings. The number of halogens is 2. The molecule has 3 nitrogen and oxygen atoms in total. The van der Waals surface area contributed by atoms with Crippen LogP contribution in [0.15, 0.2) is 41.1 Å². The molecule has 1 aromatic carbocycles. The second-order valence-electron chi connectivity index (χ2n) is 2.75. The van der Waals surface area contributed by atoms with Crippen molar-refractivity contribution in [2.75, 3.05) is 0 Å². The lowest BCUT2D eigenvalue weighted by molar-refractivity contribution is -0.0495. The molecule has 0 N–H and O–H groups in total. The summed E-state index contributed by atoms with van der Waals surface area (Å²) in [6.07, 6.45) is 1.44. The second-order valence-corrected chi connectivity index (χ2v) is 2.75. The molecule has 0 spiro atoms. The van der Waals surface area contributed by atoms with E-state index in [1.165, 1.54) is 12.3 Å². The van der Waals surface area contributed by atoms with Crippen molar-refractivity contribution < 1.29 is 18.0 Å². The molecule has 1 aromatic heterocycles. The molecule has 0 bridgehead atoms. The summed E-state index contributed by atoms with van der Waals surface area (Å²) in [4.78, 5) is 0. The Hall–Kier alpha value is -1.91. The molecule has 0 saturated heterocycles. The Labute approximate surface area is 84.3 Å². The van der Waals surface area contributed by atoms with E-state index >= 15 is 0 Å². The van der Waals surface area contributed by atoms with Crippen molar-refractivity contribution in [3.05, 3.63) is 36.5 Å². The Morgan fingerprint density at radius 1 is 1.20 bits per heavy atom. The molecule has 1 heterocycles. The largest absolute Gasteiger partial charge is 0.434 e. The summed E-state index contributed by atoms with van der Waals surface area (Å²) >= 11 is 0. The highest BCUT2D eigenvalue weighted by molar-refractivity contribution is 5.65. The number of alkyl halides is 2. The third-order valence-corrected chi connectivity index (χ3v) is 1.81. The van der Waals surface area contributed by atoms with Crippen LogP contribution in [0.5, 0.6) is 5.75 Å². The van der Waals surface area contributed by atoms with Crippen molar-refractivity contribution in [2.45, 2.75) is 6.61 Å². The van der Waals surface area contributed by atoms with Crippen molar-refractivity contribution >= 4 is 0 Å². The van der Waals surface area contributed by atoms with Crippen LogP contribution in [0.3, 0.4) is 0 Å². The van der Waals surface area contributed by atoms with Crippen LogP contribution in [-0.2, 0) is 0 Å². The van der Waals surface area contributed by atoms with Gasteiger partial charge in [-0.15, -0.1) is 0 Å². The Morgan fingerprint density at radius 2 is 2.00 bits per heavy atom. The molecule has 0 aliphatic carbocycles. The molecule has 0 radical (unpaired) electrons. The van der Waals surface area contributed by atoms with Gasteiger partial charge in [0.25, 0.3) is 0 Å². The van der Waals surface area contributed by atoms with Crippen molar-refractivity contribution in [2.24, 2.45) is 0 Å². The summed E-state index contributed by atoms with van der Waals surface area (Å²) in [6, 6.07) is 7.96. The minimum atomic E-state index is -2.85. The Balaban J connectivity index is 2.38. The quantitative estimate of drug-likeness (QED) is 0.782. The number of benzene rings is 1. The molecule has 0 aliphatic heterocycles. The fourth-order valence-corrected chi connectivity index (χ4v) is 1.22. The van der Waals surface area contributed by atoms with E-state index in [4.69, 9.17) is 4.52 Å². The van der Waals surface area contributed by atoms with Crippen molar-refractivity contribution in [1.29, 1.82) is 0 Å². The number of aromatic nitrogens is 1. The highest BCUT2D eigenvalue weighted by Gasteiger charge is 2.12. The van der Waals surface area contributed by atoms with Gasteiger partial charge in [-0.3, -0.25) is 0 Å². The van der Waals surface area contributed by atoms with Crippen LogP contribution in [0.2, 0.25) is 0 Å². The molecule has 15 heavy (non-hydrogen) atoms. The third-order valence-electron chi connectivity index (χ3n) is 1.81. The maximum absolute atomic E-state index is 12.1. The lowest BCUT2D eigenvalue weighted by Crippen LogP contribution is -2.02. The van der Waals surface area contributed by atoms with Gasteiger partial charge in [-0.2, -0.15) is 8.78 Å². The van der Waals surface area contributed by atoms with E-state index < -0.39 is 6.61 Å². The van der Waals surface area contributed by atoms with Gasteiger partial charge in [0.1, 0.15) is 5.75 Å². The van der Waals surface area contributed by atoms with Gasteiger partial charge in [0.05, 0.1) is 11.8 Å². The first kappa shape index (κ1) is 9.64. The van der Waals surface area contributed by atoms with E-state index in [1.54, 1.807) is 24.3 Å². The van der Waals surface area contributed by atoms with Crippen molar-refractivity contribution in [3.8, 4) is 17.1 Å². The number of ether oxygens (including phenoxy) is 1. The summed E-state index contributed by atoms with van der Waals surface area (Å²) < 4.78 is 33.4. The standard InChI is InChI=1S/C10H7F2NO2/c11-10(12)14-8-4-2-1-3-7(8)9-5-6-13-15-9/h1-6,10H. The van der Waals surface area contributed by atoms with Gasteiger partial charge >= 0.3 is 6.61 Å². The summed E-state index contributed by atoms with van der Waals surface area (Å²) in [7, 11) is 0. The molecule has 0 unspecified atom stereocenters. The monoisotopic (exact) mass is 211 g/mol. The number of rotatable bonds is 3. The van der Waals surface area contributed by atoms with Crippen LogP contribution in [0.1, 0.15) is 0 Å². The zero-order valence-electron chi connectivity index (χ0n) is 7.56. The van der Waals surface area contributed by atoms with Crippen molar-refractivity contribution in [3.63, 3.8) is 0 Å². The summed E-state index contributed by atoms with van der Waals surface area (Å²) in [5, 5.41) is 3.50. The van der Waals surface area contributed by atoms with Crippen LogP contribution >= 0.6 is 0 Å².